The fourth-order valence-corrected chi connectivity index (χ4v) is 0.270. The van der Waals surface area contributed by atoms with Crippen LogP contribution in [0, 0.1) is 0 Å². The van der Waals surface area contributed by atoms with E-state index in [4.69, 9.17) is 20.4 Å². The summed E-state index contributed by atoms with van der Waals surface area (Å²) >= 11 is 0. The zero-order valence-corrected chi connectivity index (χ0v) is 4.76. The molecule has 0 saturated carbocycles. The van der Waals surface area contributed by atoms with Crippen LogP contribution in [0.2, 0.25) is 0 Å². The van der Waals surface area contributed by atoms with Gasteiger partial charge in [-0.1, -0.05) is 7.43 Å². The van der Waals surface area contributed by atoms with Gasteiger partial charge < -0.3 is 20.4 Å². The molecule has 6 heteroatoms. The van der Waals surface area contributed by atoms with E-state index in [0.717, 1.165) is 0 Å². The van der Waals surface area contributed by atoms with Crippen molar-refractivity contribution >= 4 is 11.9 Å². The number of carboxylic acid groups (broad SMARTS) is 2. The van der Waals surface area contributed by atoms with Crippen LogP contribution in [0.15, 0.2) is 0 Å². The number of aliphatic carboxylic acids is 2. The van der Waals surface area contributed by atoms with Crippen LogP contribution in [0.25, 0.3) is 0 Å². The summed E-state index contributed by atoms with van der Waals surface area (Å²) in [7, 11) is 0. The summed E-state index contributed by atoms with van der Waals surface area (Å²) in [4.78, 5) is 19.5. The maximum absolute atomic E-state index is 9.77. The highest BCUT2D eigenvalue weighted by Crippen LogP contribution is 1.92. The molecule has 0 amide bonds. The number of rotatable bonds is 3. The first-order chi connectivity index (χ1) is 4.46. The van der Waals surface area contributed by atoms with Gasteiger partial charge in [0, 0.05) is 0 Å². The third kappa shape index (κ3) is 3.54. The average molecular weight is 166 g/mol. The molecular weight excluding hydrogens is 156 g/mol. The van der Waals surface area contributed by atoms with E-state index in [1.807, 2.05) is 0 Å². The lowest BCUT2D eigenvalue weighted by Crippen LogP contribution is -2.39. The molecule has 0 spiro atoms. The van der Waals surface area contributed by atoms with Gasteiger partial charge in [-0.15, -0.1) is 0 Å². The van der Waals surface area contributed by atoms with E-state index >= 15 is 0 Å². The number of aliphatic hydroxyl groups excluding tert-OH is 2. The topological polar surface area (TPSA) is 115 Å². The first-order valence-electron chi connectivity index (χ1n) is 2.28. The third-order valence-electron chi connectivity index (χ3n) is 0.805. The molecule has 0 aromatic carbocycles. The summed E-state index contributed by atoms with van der Waals surface area (Å²) in [5.41, 5.74) is 0. The van der Waals surface area contributed by atoms with Crippen molar-refractivity contribution in [1.82, 2.24) is 0 Å². The monoisotopic (exact) mass is 166 g/mol. The predicted molar refractivity (Wildman–Crippen MR) is 34.0 cm³/mol. The maximum atomic E-state index is 9.77. The van der Waals surface area contributed by atoms with E-state index in [9.17, 15) is 9.59 Å². The van der Waals surface area contributed by atoms with Gasteiger partial charge in [-0.05, 0) is 0 Å². The fourth-order valence-electron chi connectivity index (χ4n) is 0.270. The van der Waals surface area contributed by atoms with Gasteiger partial charge in [-0.25, -0.2) is 9.59 Å². The van der Waals surface area contributed by atoms with E-state index in [1.165, 1.54) is 0 Å². The Bertz CT molecular complexity index is 135. The van der Waals surface area contributed by atoms with Gasteiger partial charge >= 0.3 is 11.9 Å². The van der Waals surface area contributed by atoms with Crippen LogP contribution in [0.4, 0.5) is 0 Å². The summed E-state index contributed by atoms with van der Waals surface area (Å²) in [6.07, 6.45) is -4.53. The Balaban J connectivity index is 0. The van der Waals surface area contributed by atoms with Gasteiger partial charge in [-0.3, -0.25) is 0 Å². The third-order valence-corrected chi connectivity index (χ3v) is 0.805. The SMILES string of the molecule is C.O=C(O)[C@H](O)[C@@H](O)C(=O)O. The second kappa shape index (κ2) is 4.64. The highest BCUT2D eigenvalue weighted by Gasteiger charge is 2.29. The summed E-state index contributed by atoms with van der Waals surface area (Å²) < 4.78 is 0. The fraction of sp³-hybridized carbons (Fsp3) is 0.600. The Kier molecular flexibility index (Phi) is 5.29. The molecule has 0 bridgehead atoms. The summed E-state index contributed by atoms with van der Waals surface area (Å²) in [5, 5.41) is 32.5. The van der Waals surface area contributed by atoms with Gasteiger partial charge in [-0.2, -0.15) is 0 Å². The molecule has 0 aromatic rings. The molecule has 0 radical (unpaired) electrons. The second-order valence-corrected chi connectivity index (χ2v) is 1.57. The van der Waals surface area contributed by atoms with Crippen LogP contribution in [-0.4, -0.2) is 44.6 Å². The number of carboxylic acids is 2. The van der Waals surface area contributed by atoms with E-state index in [2.05, 4.69) is 0 Å². The number of hydrogen-bond acceptors (Lipinski definition) is 4. The van der Waals surface area contributed by atoms with Crippen LogP contribution < -0.4 is 0 Å². The molecule has 0 saturated heterocycles. The largest absolute Gasteiger partial charge is 0.479 e. The molecule has 0 rings (SSSR count). The molecule has 0 unspecified atom stereocenters. The zero-order chi connectivity index (χ0) is 8.31. The van der Waals surface area contributed by atoms with Crippen molar-refractivity contribution in [3.8, 4) is 0 Å². The smallest absolute Gasteiger partial charge is 0.335 e. The predicted octanol–water partition coefficient (Wildman–Crippen LogP) is -1.49. The molecule has 0 aromatic heterocycles. The van der Waals surface area contributed by atoms with Gasteiger partial charge in [0.2, 0.25) is 0 Å². The van der Waals surface area contributed by atoms with E-state index < -0.39 is 24.1 Å². The Morgan fingerprint density at radius 2 is 1.09 bits per heavy atom. The van der Waals surface area contributed by atoms with Crippen molar-refractivity contribution in [2.24, 2.45) is 0 Å². The Labute approximate surface area is 62.7 Å². The van der Waals surface area contributed by atoms with E-state index in [1.54, 1.807) is 0 Å². The lowest BCUT2D eigenvalue weighted by atomic mass is 10.2. The molecule has 0 aliphatic carbocycles. The Morgan fingerprint density at radius 3 is 1.18 bits per heavy atom. The molecule has 66 valence electrons. The lowest BCUT2D eigenvalue weighted by molar-refractivity contribution is -0.165. The zero-order valence-electron chi connectivity index (χ0n) is 4.76. The van der Waals surface area contributed by atoms with E-state index in [-0.39, 0.29) is 7.43 Å². The minimum Gasteiger partial charge on any atom is -0.479 e. The van der Waals surface area contributed by atoms with Gasteiger partial charge in [0.15, 0.2) is 12.2 Å². The Hall–Kier alpha value is -1.14. The van der Waals surface area contributed by atoms with E-state index in [0.29, 0.717) is 0 Å². The van der Waals surface area contributed by atoms with Crippen molar-refractivity contribution in [1.29, 1.82) is 0 Å². The lowest BCUT2D eigenvalue weighted by Gasteiger charge is -2.07. The van der Waals surface area contributed by atoms with Crippen molar-refractivity contribution in [2.75, 3.05) is 0 Å². The Morgan fingerprint density at radius 1 is 0.909 bits per heavy atom. The molecule has 4 N–H and O–H groups in total. The molecule has 2 atom stereocenters. The average Bonchev–Trinajstić information content (AvgIpc) is 1.84. The van der Waals surface area contributed by atoms with Crippen molar-refractivity contribution in [3.63, 3.8) is 0 Å². The molecule has 6 nitrogen and oxygen atoms in total. The van der Waals surface area contributed by atoms with Crippen LogP contribution in [0.5, 0.6) is 0 Å². The number of carbonyl (C=O) groups is 2. The standard InChI is InChI=1S/C4H6O6.CH4/c5-1(3(7)8)2(6)4(9)10;/h1-2,5-6H,(H,7,8)(H,9,10);1H4/t1-,2-;/m1./s1. The summed E-state index contributed by atoms with van der Waals surface area (Å²) in [6.45, 7) is 0. The molecule has 0 heterocycles. The highest BCUT2D eigenvalue weighted by atomic mass is 16.4. The molecular formula is C5H10O6. The summed E-state index contributed by atoms with van der Waals surface area (Å²) in [5.74, 6) is -3.54. The molecule has 11 heavy (non-hydrogen) atoms. The molecule has 0 aliphatic heterocycles. The first-order valence-corrected chi connectivity index (χ1v) is 2.28. The van der Waals surface area contributed by atoms with Crippen molar-refractivity contribution < 1.29 is 30.0 Å². The maximum Gasteiger partial charge on any atom is 0.335 e. The second-order valence-electron chi connectivity index (χ2n) is 1.57. The minimum absolute atomic E-state index is 0. The highest BCUT2D eigenvalue weighted by molar-refractivity contribution is 5.82. The van der Waals surface area contributed by atoms with Crippen LogP contribution in [-0.2, 0) is 9.59 Å². The quantitative estimate of drug-likeness (QED) is 0.406. The molecule has 0 fully saturated rings. The summed E-state index contributed by atoms with van der Waals surface area (Å²) in [6, 6.07) is 0. The van der Waals surface area contributed by atoms with Crippen LogP contribution in [0.1, 0.15) is 7.43 Å². The van der Waals surface area contributed by atoms with Crippen LogP contribution in [0.3, 0.4) is 0 Å². The van der Waals surface area contributed by atoms with Crippen LogP contribution >= 0.6 is 0 Å². The number of aliphatic hydroxyl groups is 2. The van der Waals surface area contributed by atoms with Gasteiger partial charge in [0.05, 0.1) is 0 Å². The van der Waals surface area contributed by atoms with Crippen molar-refractivity contribution in [3.05, 3.63) is 0 Å². The van der Waals surface area contributed by atoms with Gasteiger partial charge in [0.25, 0.3) is 0 Å². The van der Waals surface area contributed by atoms with Crippen molar-refractivity contribution in [2.45, 2.75) is 19.6 Å². The van der Waals surface area contributed by atoms with Gasteiger partial charge in [0.1, 0.15) is 0 Å². The first kappa shape index (κ1) is 12.5. The molecule has 0 aliphatic rings. The normalized spacial score (nSPS) is 14.4. The minimum atomic E-state index is -2.27. The number of hydrogen-bond donors (Lipinski definition) is 4.